The molecule has 0 spiro atoms. The van der Waals surface area contributed by atoms with Gasteiger partial charge in [-0.2, -0.15) is 0 Å². The SMILES string of the molecule is C[C@@H]1CCN(c2cccc3c2ncn3C)C1. The van der Waals surface area contributed by atoms with Crippen LogP contribution in [0.2, 0.25) is 0 Å². The number of hydrogen-bond donors (Lipinski definition) is 0. The Kier molecular flexibility index (Phi) is 2.13. The molecular weight excluding hydrogens is 198 g/mol. The Morgan fingerprint density at radius 1 is 1.38 bits per heavy atom. The van der Waals surface area contributed by atoms with Gasteiger partial charge in [-0.25, -0.2) is 4.98 Å². The van der Waals surface area contributed by atoms with Gasteiger partial charge < -0.3 is 9.47 Å². The molecule has 3 nitrogen and oxygen atoms in total. The van der Waals surface area contributed by atoms with E-state index in [1.165, 1.54) is 17.6 Å². The fourth-order valence-electron chi connectivity index (χ4n) is 2.55. The topological polar surface area (TPSA) is 21.1 Å². The van der Waals surface area contributed by atoms with Crippen LogP contribution in [0, 0.1) is 5.92 Å². The summed E-state index contributed by atoms with van der Waals surface area (Å²) in [6.07, 6.45) is 3.19. The maximum absolute atomic E-state index is 4.51. The quantitative estimate of drug-likeness (QED) is 0.728. The molecule has 0 aliphatic carbocycles. The smallest absolute Gasteiger partial charge is 0.112 e. The molecule has 0 unspecified atom stereocenters. The minimum absolute atomic E-state index is 0.805. The molecule has 2 aromatic rings. The van der Waals surface area contributed by atoms with E-state index in [1.54, 1.807) is 0 Å². The Labute approximate surface area is 95.7 Å². The van der Waals surface area contributed by atoms with Gasteiger partial charge >= 0.3 is 0 Å². The van der Waals surface area contributed by atoms with Gasteiger partial charge in [0.2, 0.25) is 0 Å². The van der Waals surface area contributed by atoms with Gasteiger partial charge in [-0.3, -0.25) is 0 Å². The first-order chi connectivity index (χ1) is 7.75. The predicted octanol–water partition coefficient (Wildman–Crippen LogP) is 2.42. The number of anilines is 1. The van der Waals surface area contributed by atoms with Crippen LogP contribution in [0.1, 0.15) is 13.3 Å². The van der Waals surface area contributed by atoms with Crippen molar-refractivity contribution in [1.29, 1.82) is 0 Å². The maximum Gasteiger partial charge on any atom is 0.112 e. The molecule has 0 amide bonds. The Balaban J connectivity index is 2.09. The molecule has 1 saturated heterocycles. The normalized spacial score (nSPS) is 20.9. The lowest BCUT2D eigenvalue weighted by Gasteiger charge is -2.18. The van der Waals surface area contributed by atoms with Crippen LogP contribution in [-0.4, -0.2) is 22.6 Å². The Morgan fingerprint density at radius 2 is 2.25 bits per heavy atom. The van der Waals surface area contributed by atoms with Crippen LogP contribution in [-0.2, 0) is 7.05 Å². The summed E-state index contributed by atoms with van der Waals surface area (Å²) in [6.45, 7) is 4.64. The number of fused-ring (bicyclic) bond motifs is 1. The second-order valence-corrected chi connectivity index (χ2v) is 4.84. The number of nitrogens with zero attached hydrogens (tertiary/aromatic N) is 3. The zero-order chi connectivity index (χ0) is 11.1. The van der Waals surface area contributed by atoms with Crippen LogP contribution in [0.15, 0.2) is 24.5 Å². The highest BCUT2D eigenvalue weighted by Gasteiger charge is 2.21. The van der Waals surface area contributed by atoms with E-state index in [4.69, 9.17) is 0 Å². The number of aromatic nitrogens is 2. The van der Waals surface area contributed by atoms with E-state index in [0.29, 0.717) is 0 Å². The molecule has 1 aromatic heterocycles. The van der Waals surface area contributed by atoms with Crippen molar-refractivity contribution in [3.05, 3.63) is 24.5 Å². The molecule has 1 aromatic carbocycles. The standard InChI is InChI=1S/C13H17N3/c1-10-6-7-16(8-10)12-5-3-4-11-13(12)14-9-15(11)2/h3-5,9-10H,6-8H2,1-2H3/t10-/m1/s1. The van der Waals surface area contributed by atoms with E-state index in [9.17, 15) is 0 Å². The Hall–Kier alpha value is -1.51. The van der Waals surface area contributed by atoms with Crippen molar-refractivity contribution in [2.45, 2.75) is 13.3 Å². The van der Waals surface area contributed by atoms with Crippen LogP contribution >= 0.6 is 0 Å². The summed E-state index contributed by atoms with van der Waals surface area (Å²) in [5.74, 6) is 0.805. The highest BCUT2D eigenvalue weighted by molar-refractivity contribution is 5.89. The van der Waals surface area contributed by atoms with E-state index < -0.39 is 0 Å². The number of para-hydroxylation sites is 1. The van der Waals surface area contributed by atoms with E-state index in [2.05, 4.69) is 39.6 Å². The monoisotopic (exact) mass is 215 g/mol. The first-order valence-electron chi connectivity index (χ1n) is 5.90. The third-order valence-corrected chi connectivity index (χ3v) is 3.50. The number of imidazole rings is 1. The zero-order valence-electron chi connectivity index (χ0n) is 9.85. The van der Waals surface area contributed by atoms with Gasteiger partial charge in [0.15, 0.2) is 0 Å². The average Bonchev–Trinajstić information content (AvgIpc) is 2.86. The summed E-state index contributed by atoms with van der Waals surface area (Å²) in [4.78, 5) is 6.97. The van der Waals surface area contributed by atoms with E-state index in [1.807, 2.05) is 13.4 Å². The summed E-state index contributed by atoms with van der Waals surface area (Å²) in [5, 5.41) is 0. The van der Waals surface area contributed by atoms with Gasteiger partial charge in [-0.05, 0) is 24.5 Å². The van der Waals surface area contributed by atoms with Crippen LogP contribution in [0.3, 0.4) is 0 Å². The number of hydrogen-bond acceptors (Lipinski definition) is 2. The van der Waals surface area contributed by atoms with Crippen LogP contribution in [0.25, 0.3) is 11.0 Å². The van der Waals surface area contributed by atoms with Crippen molar-refractivity contribution >= 4 is 16.7 Å². The second kappa shape index (κ2) is 3.51. The lowest BCUT2D eigenvalue weighted by Crippen LogP contribution is -2.19. The number of rotatable bonds is 1. The molecule has 16 heavy (non-hydrogen) atoms. The molecule has 1 aliphatic rings. The van der Waals surface area contributed by atoms with Gasteiger partial charge in [0.05, 0.1) is 17.5 Å². The molecule has 1 atom stereocenters. The largest absolute Gasteiger partial charge is 0.369 e. The zero-order valence-corrected chi connectivity index (χ0v) is 9.85. The fraction of sp³-hybridized carbons (Fsp3) is 0.462. The van der Waals surface area contributed by atoms with Crippen molar-refractivity contribution < 1.29 is 0 Å². The van der Waals surface area contributed by atoms with Crippen molar-refractivity contribution in [2.24, 2.45) is 13.0 Å². The third-order valence-electron chi connectivity index (χ3n) is 3.50. The van der Waals surface area contributed by atoms with E-state index in [-0.39, 0.29) is 0 Å². The van der Waals surface area contributed by atoms with Crippen LogP contribution in [0.4, 0.5) is 5.69 Å². The van der Waals surface area contributed by atoms with Crippen LogP contribution in [0.5, 0.6) is 0 Å². The molecule has 2 heterocycles. The van der Waals surface area contributed by atoms with Gasteiger partial charge in [0, 0.05) is 20.1 Å². The number of benzene rings is 1. The van der Waals surface area contributed by atoms with Gasteiger partial charge in [0.1, 0.15) is 5.52 Å². The van der Waals surface area contributed by atoms with E-state index in [0.717, 1.165) is 24.5 Å². The van der Waals surface area contributed by atoms with Gasteiger partial charge in [-0.1, -0.05) is 13.0 Å². The lowest BCUT2D eigenvalue weighted by atomic mass is 10.2. The summed E-state index contributed by atoms with van der Waals surface area (Å²) >= 11 is 0. The minimum atomic E-state index is 0.805. The Morgan fingerprint density at radius 3 is 3.00 bits per heavy atom. The maximum atomic E-state index is 4.51. The molecule has 0 radical (unpaired) electrons. The number of aryl methyl sites for hydroxylation is 1. The average molecular weight is 215 g/mol. The van der Waals surface area contributed by atoms with Crippen LogP contribution < -0.4 is 4.90 Å². The first kappa shape index (κ1) is 9.70. The molecule has 0 saturated carbocycles. The molecule has 3 heteroatoms. The minimum Gasteiger partial charge on any atom is -0.369 e. The fourth-order valence-corrected chi connectivity index (χ4v) is 2.55. The Bertz CT molecular complexity index is 515. The second-order valence-electron chi connectivity index (χ2n) is 4.84. The summed E-state index contributed by atoms with van der Waals surface area (Å²) in [7, 11) is 2.05. The first-order valence-corrected chi connectivity index (χ1v) is 5.90. The van der Waals surface area contributed by atoms with Crippen molar-refractivity contribution in [1.82, 2.24) is 9.55 Å². The van der Waals surface area contributed by atoms with Crippen molar-refractivity contribution in [2.75, 3.05) is 18.0 Å². The molecule has 0 N–H and O–H groups in total. The molecule has 84 valence electrons. The molecular formula is C13H17N3. The summed E-state index contributed by atoms with van der Waals surface area (Å²) in [6, 6.07) is 6.45. The van der Waals surface area contributed by atoms with Gasteiger partial charge in [0.25, 0.3) is 0 Å². The lowest BCUT2D eigenvalue weighted by molar-refractivity contribution is 0.659. The third kappa shape index (κ3) is 1.39. The molecule has 1 fully saturated rings. The van der Waals surface area contributed by atoms with Crippen molar-refractivity contribution in [3.63, 3.8) is 0 Å². The van der Waals surface area contributed by atoms with Gasteiger partial charge in [-0.15, -0.1) is 0 Å². The predicted molar refractivity (Wildman–Crippen MR) is 66.7 cm³/mol. The highest BCUT2D eigenvalue weighted by atomic mass is 15.2. The molecule has 0 bridgehead atoms. The highest BCUT2D eigenvalue weighted by Crippen LogP contribution is 2.29. The molecule has 3 rings (SSSR count). The molecule has 1 aliphatic heterocycles. The van der Waals surface area contributed by atoms with E-state index >= 15 is 0 Å². The summed E-state index contributed by atoms with van der Waals surface area (Å²) < 4.78 is 2.08. The van der Waals surface area contributed by atoms with Crippen molar-refractivity contribution in [3.8, 4) is 0 Å². The summed E-state index contributed by atoms with van der Waals surface area (Å²) in [5.41, 5.74) is 3.65.